The van der Waals surface area contributed by atoms with Gasteiger partial charge in [0.15, 0.2) is 5.13 Å². The smallest absolute Gasteiger partial charge is 0.312 e. The number of aromatic nitrogens is 1. The van der Waals surface area contributed by atoms with Gasteiger partial charge in [0.1, 0.15) is 12.4 Å². The van der Waals surface area contributed by atoms with Gasteiger partial charge in [0.25, 0.3) is 0 Å². The topological polar surface area (TPSA) is 84.4 Å². The molecular formula is C32H37N3O5S. The zero-order valence-electron chi connectivity index (χ0n) is 23.9. The Balaban J connectivity index is 1.10. The van der Waals surface area contributed by atoms with E-state index in [0.29, 0.717) is 25.8 Å². The number of carboxylic acid groups (broad SMARTS) is 1. The van der Waals surface area contributed by atoms with Crippen molar-refractivity contribution in [1.29, 1.82) is 0 Å². The molecule has 7 rings (SSSR count). The van der Waals surface area contributed by atoms with Crippen LogP contribution in [0.25, 0.3) is 11.3 Å². The predicted octanol–water partition coefficient (Wildman–Crippen LogP) is 4.69. The number of fused-ring (bicyclic) bond motifs is 2. The van der Waals surface area contributed by atoms with E-state index in [9.17, 15) is 9.90 Å². The molecule has 9 heteroatoms. The van der Waals surface area contributed by atoms with E-state index in [0.717, 1.165) is 66.8 Å². The van der Waals surface area contributed by atoms with Crippen molar-refractivity contribution in [1.82, 2.24) is 9.88 Å². The van der Waals surface area contributed by atoms with Gasteiger partial charge in [-0.3, -0.25) is 9.69 Å². The van der Waals surface area contributed by atoms with Crippen LogP contribution in [-0.4, -0.2) is 73.1 Å². The van der Waals surface area contributed by atoms with Gasteiger partial charge in [-0.25, -0.2) is 4.98 Å². The molecule has 0 radical (unpaired) electrons. The summed E-state index contributed by atoms with van der Waals surface area (Å²) >= 11 is 1.56. The third-order valence-electron chi connectivity index (χ3n) is 9.66. The Labute approximate surface area is 244 Å². The first-order chi connectivity index (χ1) is 19.9. The number of piperidine rings is 1. The minimum Gasteiger partial charge on any atom is -0.488 e. The van der Waals surface area contributed by atoms with Gasteiger partial charge in [-0.05, 0) is 66.5 Å². The van der Waals surface area contributed by atoms with E-state index in [1.807, 2.05) is 6.07 Å². The summed E-state index contributed by atoms with van der Waals surface area (Å²) < 4.78 is 17.4. The van der Waals surface area contributed by atoms with Crippen LogP contribution in [0, 0.1) is 25.2 Å². The van der Waals surface area contributed by atoms with Gasteiger partial charge in [0, 0.05) is 37.7 Å². The summed E-state index contributed by atoms with van der Waals surface area (Å²) in [6.07, 6.45) is 1.78. The standard InChI is InChI=1S/C32H37N3O5S/c1-19-5-4-6-25(27-18-41-31(33-27)35-12-23-11-32(23,30(36)37)28(35)17-38-3)29(19)40-14-21-9-20(2)26-13-34(24-15-39-16-24)8-7-22(26)10-21/h4-6,9-10,18,23-24,28H,7-8,11-17H2,1-3H3,(H,36,37)/t23-,28+,32+/m0/s1. The maximum atomic E-state index is 12.2. The Bertz CT molecular complexity index is 1490. The summed E-state index contributed by atoms with van der Waals surface area (Å²) in [6, 6.07) is 11.1. The van der Waals surface area contributed by atoms with Crippen LogP contribution in [0.1, 0.15) is 34.2 Å². The number of aliphatic carboxylic acids is 1. The predicted molar refractivity (Wildman–Crippen MR) is 158 cm³/mol. The first-order valence-electron chi connectivity index (χ1n) is 14.5. The van der Waals surface area contributed by atoms with Gasteiger partial charge in [-0.15, -0.1) is 11.3 Å². The highest BCUT2D eigenvalue weighted by Crippen LogP contribution is 2.62. The Hall–Kier alpha value is -2.98. The molecule has 1 N–H and O–H groups in total. The minimum atomic E-state index is -0.721. The molecule has 8 nitrogen and oxygen atoms in total. The van der Waals surface area contributed by atoms with E-state index in [1.165, 1.54) is 22.3 Å². The van der Waals surface area contributed by atoms with Crippen molar-refractivity contribution >= 4 is 22.4 Å². The molecule has 1 saturated carbocycles. The summed E-state index contributed by atoms with van der Waals surface area (Å²) in [5.74, 6) is 0.275. The Morgan fingerprint density at radius 1 is 1.24 bits per heavy atom. The number of carboxylic acids is 1. The van der Waals surface area contributed by atoms with E-state index in [4.69, 9.17) is 19.2 Å². The molecule has 41 heavy (non-hydrogen) atoms. The zero-order chi connectivity index (χ0) is 28.3. The minimum absolute atomic E-state index is 0.153. The average Bonchev–Trinajstić information content (AvgIpc) is 3.28. The van der Waals surface area contributed by atoms with E-state index < -0.39 is 11.4 Å². The summed E-state index contributed by atoms with van der Waals surface area (Å²) in [6.45, 7) is 9.65. The number of benzene rings is 2. The largest absolute Gasteiger partial charge is 0.488 e. The maximum Gasteiger partial charge on any atom is 0.312 e. The molecular weight excluding hydrogens is 538 g/mol. The van der Waals surface area contributed by atoms with Crippen molar-refractivity contribution in [2.45, 2.75) is 51.9 Å². The molecule has 4 aliphatic rings. The number of aryl methyl sites for hydroxylation is 2. The number of thiazole rings is 1. The van der Waals surface area contributed by atoms with Gasteiger partial charge in [-0.2, -0.15) is 0 Å². The summed E-state index contributed by atoms with van der Waals surface area (Å²) in [5, 5.41) is 12.9. The molecule has 0 unspecified atom stereocenters. The molecule has 216 valence electrons. The number of anilines is 1. The van der Waals surface area contributed by atoms with Crippen LogP contribution in [0.15, 0.2) is 35.7 Å². The Morgan fingerprint density at radius 3 is 2.85 bits per heavy atom. The zero-order valence-corrected chi connectivity index (χ0v) is 24.7. The number of methoxy groups -OCH3 is 1. The second-order valence-electron chi connectivity index (χ2n) is 12.1. The molecule has 1 aliphatic carbocycles. The fourth-order valence-electron chi connectivity index (χ4n) is 7.16. The molecule has 0 bridgehead atoms. The second-order valence-corrected chi connectivity index (χ2v) is 12.9. The van der Waals surface area contributed by atoms with Crippen molar-refractivity contribution < 1.29 is 24.1 Å². The lowest BCUT2D eigenvalue weighted by atomic mass is 9.92. The fourth-order valence-corrected chi connectivity index (χ4v) is 8.04. The number of hydrogen-bond donors (Lipinski definition) is 1. The number of para-hydroxylation sites is 1. The van der Waals surface area contributed by atoms with Crippen LogP contribution in [0.3, 0.4) is 0 Å². The summed E-state index contributed by atoms with van der Waals surface area (Å²) in [7, 11) is 1.64. The molecule has 4 heterocycles. The van der Waals surface area contributed by atoms with Crippen molar-refractivity contribution in [2.24, 2.45) is 11.3 Å². The maximum absolute atomic E-state index is 12.2. The number of carbonyl (C=O) groups is 1. The lowest BCUT2D eigenvalue weighted by Gasteiger charge is -2.40. The highest BCUT2D eigenvalue weighted by Gasteiger charge is 2.71. The SMILES string of the molecule is COC[C@H]1N(c2nc(-c3cccc(C)c3OCc3cc(C)c4c(c3)CCN(C3COC3)C4)cs2)C[C@@H]2C[C@@]21C(=O)O. The summed E-state index contributed by atoms with van der Waals surface area (Å²) in [4.78, 5) is 21.9. The molecule has 3 atom stereocenters. The van der Waals surface area contributed by atoms with Crippen LogP contribution in [0.4, 0.5) is 5.13 Å². The van der Waals surface area contributed by atoms with Gasteiger partial charge in [-0.1, -0.05) is 24.3 Å². The molecule has 3 aromatic rings. The van der Waals surface area contributed by atoms with Gasteiger partial charge < -0.3 is 24.2 Å². The first-order valence-corrected chi connectivity index (χ1v) is 15.4. The van der Waals surface area contributed by atoms with E-state index in [-0.39, 0.29) is 12.0 Å². The Morgan fingerprint density at radius 2 is 2.10 bits per heavy atom. The van der Waals surface area contributed by atoms with Crippen molar-refractivity contribution in [3.05, 3.63) is 63.5 Å². The van der Waals surface area contributed by atoms with Gasteiger partial charge in [0.05, 0.1) is 43.0 Å². The van der Waals surface area contributed by atoms with E-state index in [2.05, 4.69) is 53.3 Å². The van der Waals surface area contributed by atoms with E-state index >= 15 is 0 Å². The lowest BCUT2D eigenvalue weighted by molar-refractivity contribution is -0.144. The monoisotopic (exact) mass is 575 g/mol. The molecule has 3 aliphatic heterocycles. The molecule has 3 fully saturated rings. The van der Waals surface area contributed by atoms with Crippen LogP contribution in [0.5, 0.6) is 5.75 Å². The van der Waals surface area contributed by atoms with Crippen LogP contribution in [0.2, 0.25) is 0 Å². The highest BCUT2D eigenvalue weighted by molar-refractivity contribution is 7.14. The molecule has 1 aromatic heterocycles. The van der Waals surface area contributed by atoms with Gasteiger partial charge in [0.2, 0.25) is 0 Å². The molecule has 0 spiro atoms. The third-order valence-corrected chi connectivity index (χ3v) is 10.5. The Kier molecular flexibility index (Phi) is 6.81. The summed E-state index contributed by atoms with van der Waals surface area (Å²) in [5.41, 5.74) is 7.57. The molecule has 2 saturated heterocycles. The second kappa shape index (κ2) is 10.4. The first kappa shape index (κ1) is 26.9. The van der Waals surface area contributed by atoms with Crippen molar-refractivity contribution in [3.8, 4) is 17.0 Å². The number of hydrogen-bond acceptors (Lipinski definition) is 8. The third kappa shape index (κ3) is 4.54. The fraction of sp³-hybridized carbons (Fsp3) is 0.500. The highest BCUT2D eigenvalue weighted by atomic mass is 32.1. The van der Waals surface area contributed by atoms with Crippen molar-refractivity contribution in [2.75, 3.05) is 44.9 Å². The average molecular weight is 576 g/mol. The van der Waals surface area contributed by atoms with Gasteiger partial charge >= 0.3 is 5.97 Å². The number of nitrogens with zero attached hydrogens (tertiary/aromatic N) is 3. The lowest BCUT2D eigenvalue weighted by Crippen LogP contribution is -2.50. The normalized spacial score (nSPS) is 25.5. The van der Waals surface area contributed by atoms with Crippen molar-refractivity contribution in [3.63, 3.8) is 0 Å². The van der Waals surface area contributed by atoms with E-state index in [1.54, 1.807) is 18.4 Å². The van der Waals surface area contributed by atoms with Crippen LogP contribution < -0.4 is 9.64 Å². The quantitative estimate of drug-likeness (QED) is 0.394. The van der Waals surface area contributed by atoms with Crippen LogP contribution >= 0.6 is 11.3 Å². The van der Waals surface area contributed by atoms with Crippen LogP contribution in [-0.2, 0) is 33.8 Å². The number of rotatable bonds is 9. The molecule has 2 aromatic carbocycles. The molecule has 0 amide bonds. The number of ether oxygens (including phenoxy) is 3.